The lowest BCUT2D eigenvalue weighted by Gasteiger charge is -2.26. The molecule has 1 fully saturated rings. The quantitative estimate of drug-likeness (QED) is 0.481. The number of allylic oxidation sites excluding steroid dienone is 1. The predicted molar refractivity (Wildman–Crippen MR) is 112 cm³/mol. The Balaban J connectivity index is 1.50. The van der Waals surface area contributed by atoms with Crippen LogP contribution in [0.25, 0.3) is 0 Å². The van der Waals surface area contributed by atoms with Gasteiger partial charge >= 0.3 is 6.09 Å². The molecule has 2 unspecified atom stereocenters. The molecule has 2 aromatic rings. The second-order valence-electron chi connectivity index (χ2n) is 7.01. The zero-order valence-corrected chi connectivity index (χ0v) is 16.7. The van der Waals surface area contributed by atoms with Gasteiger partial charge in [-0.05, 0) is 49.3 Å². The van der Waals surface area contributed by atoms with Crippen molar-refractivity contribution in [3.63, 3.8) is 0 Å². The second kappa shape index (κ2) is 12.0. The molecular formula is C24H29NO4. The van der Waals surface area contributed by atoms with Gasteiger partial charge in [-0.1, -0.05) is 66.7 Å². The molecular weight excluding hydrogens is 366 g/mol. The molecule has 1 aliphatic rings. The van der Waals surface area contributed by atoms with E-state index in [1.165, 1.54) is 5.56 Å². The average molecular weight is 395 g/mol. The van der Waals surface area contributed by atoms with E-state index in [4.69, 9.17) is 14.2 Å². The molecule has 0 spiro atoms. The number of aryl methyl sites for hydroxylation is 1. The summed E-state index contributed by atoms with van der Waals surface area (Å²) in [6.07, 6.45) is 7.22. The summed E-state index contributed by atoms with van der Waals surface area (Å²) in [5.74, 6) is 0. The van der Waals surface area contributed by atoms with Crippen LogP contribution >= 0.6 is 0 Å². The maximum absolute atomic E-state index is 12.2. The SMILES string of the molecule is O=C(NC(/C=C\CCc1ccccc1)OC1CCCCO1)OCc1ccccc1. The number of rotatable bonds is 9. The topological polar surface area (TPSA) is 56.8 Å². The Labute approximate surface area is 172 Å². The van der Waals surface area contributed by atoms with Crippen molar-refractivity contribution in [3.05, 3.63) is 83.9 Å². The Kier molecular flexibility index (Phi) is 8.76. The van der Waals surface area contributed by atoms with E-state index in [1.807, 2.05) is 60.7 Å². The lowest BCUT2D eigenvalue weighted by Crippen LogP contribution is -2.39. The highest BCUT2D eigenvalue weighted by atomic mass is 16.7. The molecule has 0 saturated carbocycles. The van der Waals surface area contributed by atoms with Crippen LogP contribution in [0.2, 0.25) is 0 Å². The fraction of sp³-hybridized carbons (Fsp3) is 0.375. The number of ether oxygens (including phenoxy) is 3. The van der Waals surface area contributed by atoms with Crippen molar-refractivity contribution in [2.45, 2.75) is 51.2 Å². The van der Waals surface area contributed by atoms with E-state index in [-0.39, 0.29) is 12.9 Å². The largest absolute Gasteiger partial charge is 0.445 e. The predicted octanol–water partition coefficient (Wildman–Crippen LogP) is 4.97. The van der Waals surface area contributed by atoms with Gasteiger partial charge in [-0.3, -0.25) is 5.32 Å². The van der Waals surface area contributed by atoms with Crippen molar-refractivity contribution < 1.29 is 19.0 Å². The van der Waals surface area contributed by atoms with E-state index in [9.17, 15) is 4.79 Å². The highest BCUT2D eigenvalue weighted by Crippen LogP contribution is 2.15. The second-order valence-corrected chi connectivity index (χ2v) is 7.01. The molecule has 1 aliphatic heterocycles. The Morgan fingerprint density at radius 3 is 2.48 bits per heavy atom. The number of alkyl carbamates (subject to hydrolysis) is 1. The third-order valence-corrected chi connectivity index (χ3v) is 4.66. The van der Waals surface area contributed by atoms with Crippen LogP contribution in [0, 0.1) is 0 Å². The van der Waals surface area contributed by atoms with Gasteiger partial charge in [0.25, 0.3) is 0 Å². The standard InChI is InChI=1S/C24H29NO4/c26-24(28-19-21-14-5-2-6-15-21)25-22(29-23-17-9-10-18-27-23)16-8-7-13-20-11-3-1-4-12-20/h1-6,8,11-12,14-16,22-23H,7,9-10,13,17-19H2,(H,25,26)/b16-8-. The Morgan fingerprint density at radius 1 is 1.07 bits per heavy atom. The fourth-order valence-electron chi connectivity index (χ4n) is 3.10. The number of nitrogens with one attached hydrogen (secondary N) is 1. The average Bonchev–Trinajstić information content (AvgIpc) is 2.77. The highest BCUT2D eigenvalue weighted by Gasteiger charge is 2.20. The maximum Gasteiger partial charge on any atom is 0.409 e. The summed E-state index contributed by atoms with van der Waals surface area (Å²) >= 11 is 0. The molecule has 3 rings (SSSR count). The Bertz CT molecular complexity index is 742. The van der Waals surface area contributed by atoms with Gasteiger partial charge in [0.2, 0.25) is 0 Å². The van der Waals surface area contributed by atoms with Gasteiger partial charge in [-0.25, -0.2) is 4.79 Å². The Hall–Kier alpha value is -2.63. The number of carbonyl (C=O) groups is 1. The molecule has 1 heterocycles. The van der Waals surface area contributed by atoms with E-state index in [0.717, 1.165) is 37.7 Å². The molecule has 0 aromatic heterocycles. The number of benzene rings is 2. The van der Waals surface area contributed by atoms with Crippen molar-refractivity contribution in [1.82, 2.24) is 5.32 Å². The van der Waals surface area contributed by atoms with Gasteiger partial charge in [0.15, 0.2) is 12.5 Å². The molecule has 5 nitrogen and oxygen atoms in total. The summed E-state index contributed by atoms with van der Waals surface area (Å²) in [4.78, 5) is 12.2. The molecule has 0 bridgehead atoms. The zero-order valence-electron chi connectivity index (χ0n) is 16.7. The summed E-state index contributed by atoms with van der Waals surface area (Å²) in [6, 6.07) is 19.9. The zero-order chi connectivity index (χ0) is 20.2. The van der Waals surface area contributed by atoms with E-state index in [0.29, 0.717) is 6.61 Å². The molecule has 1 saturated heterocycles. The van der Waals surface area contributed by atoms with Crippen LogP contribution in [-0.4, -0.2) is 25.2 Å². The summed E-state index contributed by atoms with van der Waals surface area (Å²) in [6.45, 7) is 0.907. The summed E-state index contributed by atoms with van der Waals surface area (Å²) in [5.41, 5.74) is 2.22. The van der Waals surface area contributed by atoms with Gasteiger partial charge in [0, 0.05) is 6.61 Å². The van der Waals surface area contributed by atoms with Crippen LogP contribution in [0.3, 0.4) is 0 Å². The van der Waals surface area contributed by atoms with Crippen LogP contribution in [-0.2, 0) is 27.2 Å². The first-order chi connectivity index (χ1) is 14.3. The number of hydrogen-bond acceptors (Lipinski definition) is 4. The molecule has 5 heteroatoms. The van der Waals surface area contributed by atoms with Crippen LogP contribution in [0.15, 0.2) is 72.8 Å². The van der Waals surface area contributed by atoms with Crippen molar-refractivity contribution in [1.29, 1.82) is 0 Å². The lowest BCUT2D eigenvalue weighted by atomic mass is 10.1. The van der Waals surface area contributed by atoms with E-state index in [1.54, 1.807) is 0 Å². The van der Waals surface area contributed by atoms with Crippen molar-refractivity contribution in [2.24, 2.45) is 0 Å². The van der Waals surface area contributed by atoms with Crippen molar-refractivity contribution >= 4 is 6.09 Å². The first-order valence-electron chi connectivity index (χ1n) is 10.2. The normalized spacial score (nSPS) is 17.7. The number of amides is 1. The fourth-order valence-corrected chi connectivity index (χ4v) is 3.10. The molecule has 1 amide bonds. The van der Waals surface area contributed by atoms with Crippen molar-refractivity contribution in [3.8, 4) is 0 Å². The van der Waals surface area contributed by atoms with E-state index < -0.39 is 12.3 Å². The molecule has 2 aromatic carbocycles. The third-order valence-electron chi connectivity index (χ3n) is 4.66. The van der Waals surface area contributed by atoms with Crippen LogP contribution in [0.5, 0.6) is 0 Å². The summed E-state index contributed by atoms with van der Waals surface area (Å²) in [7, 11) is 0. The Morgan fingerprint density at radius 2 is 1.79 bits per heavy atom. The smallest absolute Gasteiger partial charge is 0.409 e. The maximum atomic E-state index is 12.2. The van der Waals surface area contributed by atoms with Gasteiger partial charge < -0.3 is 14.2 Å². The van der Waals surface area contributed by atoms with Gasteiger partial charge in [-0.2, -0.15) is 0 Å². The minimum absolute atomic E-state index is 0.219. The number of carbonyl (C=O) groups excluding carboxylic acids is 1. The molecule has 154 valence electrons. The molecule has 2 atom stereocenters. The van der Waals surface area contributed by atoms with Crippen LogP contribution in [0.1, 0.15) is 36.8 Å². The summed E-state index contributed by atoms with van der Waals surface area (Å²) in [5, 5.41) is 2.78. The van der Waals surface area contributed by atoms with Crippen LogP contribution in [0.4, 0.5) is 4.79 Å². The summed E-state index contributed by atoms with van der Waals surface area (Å²) < 4.78 is 16.9. The van der Waals surface area contributed by atoms with Crippen LogP contribution < -0.4 is 5.32 Å². The minimum atomic E-state index is -0.586. The lowest BCUT2D eigenvalue weighted by molar-refractivity contribution is -0.182. The van der Waals surface area contributed by atoms with Gasteiger partial charge in [0.05, 0.1) is 0 Å². The van der Waals surface area contributed by atoms with E-state index >= 15 is 0 Å². The van der Waals surface area contributed by atoms with Gasteiger partial charge in [-0.15, -0.1) is 0 Å². The monoisotopic (exact) mass is 395 g/mol. The van der Waals surface area contributed by atoms with Crippen molar-refractivity contribution in [2.75, 3.05) is 6.61 Å². The number of hydrogen-bond donors (Lipinski definition) is 1. The van der Waals surface area contributed by atoms with E-state index in [2.05, 4.69) is 17.4 Å². The third kappa shape index (κ3) is 8.10. The molecule has 29 heavy (non-hydrogen) atoms. The first kappa shape index (κ1) is 21.1. The minimum Gasteiger partial charge on any atom is -0.445 e. The molecule has 1 N–H and O–H groups in total. The molecule has 0 radical (unpaired) electrons. The molecule has 0 aliphatic carbocycles. The first-order valence-corrected chi connectivity index (χ1v) is 10.2. The highest BCUT2D eigenvalue weighted by molar-refractivity contribution is 5.67. The van der Waals surface area contributed by atoms with Gasteiger partial charge in [0.1, 0.15) is 6.61 Å².